The van der Waals surface area contributed by atoms with E-state index in [1.165, 1.54) is 35.6 Å². The van der Waals surface area contributed by atoms with Crippen molar-refractivity contribution < 1.29 is 42.4 Å². The van der Waals surface area contributed by atoms with Gasteiger partial charge in [0, 0.05) is 6.92 Å². The predicted octanol–water partition coefficient (Wildman–Crippen LogP) is -2.36. The maximum atomic E-state index is 12.6. The lowest BCUT2D eigenvalue weighted by molar-refractivity contribution is -0.375. The molecular weight excluding hydrogens is 368 g/mol. The molecule has 138 valence electrons. The first-order valence-electron chi connectivity index (χ1n) is 8.05. The van der Waals surface area contributed by atoms with Crippen LogP contribution >= 0.6 is 11.8 Å². The molecule has 0 aromatic carbocycles. The molecule has 7 nitrogen and oxygen atoms in total. The van der Waals surface area contributed by atoms with Gasteiger partial charge < -0.3 is 28.0 Å². The summed E-state index contributed by atoms with van der Waals surface area (Å²) < 4.78 is 4.95. The topological polar surface area (TPSA) is 112 Å². The molecule has 25 heavy (non-hydrogen) atoms. The van der Waals surface area contributed by atoms with Crippen molar-refractivity contribution in [2.24, 2.45) is 0 Å². The summed E-state index contributed by atoms with van der Waals surface area (Å²) in [7, 11) is 0. The van der Waals surface area contributed by atoms with Crippen molar-refractivity contribution in [1.82, 2.24) is 4.90 Å². The van der Waals surface area contributed by atoms with Crippen LogP contribution in [0.25, 0.3) is 0 Å². The zero-order chi connectivity index (χ0) is 17.4. The average molecular weight is 389 g/mol. The zero-order valence-corrected chi connectivity index (χ0v) is 15.5. The number of fused-ring (bicyclic) bond motifs is 1. The van der Waals surface area contributed by atoms with Crippen LogP contribution in [-0.4, -0.2) is 45.2 Å². The van der Waals surface area contributed by atoms with Gasteiger partial charge in [-0.1, -0.05) is 23.8 Å². The van der Waals surface area contributed by atoms with Crippen molar-refractivity contribution in [3.05, 3.63) is 22.4 Å². The Labute approximate surface area is 156 Å². The number of carbonyl (C=O) groups excluding carboxylic acids is 2. The number of aliphatic carboxylic acids is 1. The molecule has 2 atom stereocenters. The molecule has 0 radical (unpaired) electrons. The van der Waals surface area contributed by atoms with Crippen LogP contribution in [0.5, 0.6) is 0 Å². The van der Waals surface area contributed by atoms with E-state index < -0.39 is 11.9 Å². The molecule has 1 unspecified atom stereocenters. The summed E-state index contributed by atoms with van der Waals surface area (Å²) in [6.45, 7) is 1.11. The van der Waals surface area contributed by atoms with Gasteiger partial charge in [-0.05, 0) is 25.7 Å². The number of rotatable bonds is 3. The van der Waals surface area contributed by atoms with Gasteiger partial charge in [-0.15, -0.1) is 0 Å². The van der Waals surface area contributed by atoms with E-state index in [1.54, 1.807) is 0 Å². The third-order valence-corrected chi connectivity index (χ3v) is 5.95. The molecule has 2 aliphatic heterocycles. The zero-order valence-electron chi connectivity index (χ0n) is 13.9. The molecule has 1 saturated carbocycles. The number of carboxylic acid groups (broad SMARTS) is 1. The number of hydrogen-bond donors (Lipinski definition) is 2. The van der Waals surface area contributed by atoms with Crippen LogP contribution in [0.4, 0.5) is 0 Å². The van der Waals surface area contributed by atoms with E-state index in [2.05, 4.69) is 5.73 Å². The number of hydrogen-bond acceptors (Lipinski definition) is 5. The van der Waals surface area contributed by atoms with Crippen LogP contribution in [-0.2, 0) is 19.1 Å². The molecule has 1 saturated heterocycles. The lowest BCUT2D eigenvalue weighted by Crippen LogP contribution is -3.00. The quantitative estimate of drug-likeness (QED) is 0.318. The first-order valence-corrected chi connectivity index (χ1v) is 8.99. The molecule has 9 heteroatoms. The van der Waals surface area contributed by atoms with Gasteiger partial charge in [-0.3, -0.25) is 14.5 Å². The van der Waals surface area contributed by atoms with Crippen LogP contribution in [0.2, 0.25) is 0 Å². The fraction of sp³-hybridized carbons (Fsp3) is 0.562. The number of allylic oxidation sites excluding steroid dienone is 1. The highest BCUT2D eigenvalue weighted by Gasteiger charge is 2.53. The number of carbonyl (C=O) groups is 3. The Bertz CT molecular complexity index is 667. The minimum atomic E-state index is -1.18. The second kappa shape index (κ2) is 7.80. The Balaban J connectivity index is 0.00000225. The molecular formula is C16H21ClN2O5S. The number of halogens is 1. The van der Waals surface area contributed by atoms with E-state index in [0.717, 1.165) is 31.3 Å². The second-order valence-corrected chi connectivity index (χ2v) is 7.48. The lowest BCUT2D eigenvalue weighted by Gasteiger charge is -2.47. The van der Waals surface area contributed by atoms with E-state index in [4.69, 9.17) is 4.74 Å². The Morgan fingerprint density at radius 1 is 1.32 bits per heavy atom. The van der Waals surface area contributed by atoms with Crippen LogP contribution in [0.15, 0.2) is 22.4 Å². The van der Waals surface area contributed by atoms with Crippen LogP contribution < -0.4 is 18.1 Å². The van der Waals surface area contributed by atoms with Gasteiger partial charge in [0.25, 0.3) is 5.91 Å². The first-order chi connectivity index (χ1) is 11.4. The third-order valence-electron chi connectivity index (χ3n) is 4.63. The summed E-state index contributed by atoms with van der Waals surface area (Å²) in [6, 6.07) is 0. The molecule has 4 N–H and O–H groups in total. The predicted molar refractivity (Wildman–Crippen MR) is 86.3 cm³/mol. The van der Waals surface area contributed by atoms with Gasteiger partial charge in [0.15, 0.2) is 5.37 Å². The average Bonchev–Trinajstić information content (AvgIpc) is 2.53. The summed E-state index contributed by atoms with van der Waals surface area (Å²) in [5, 5.41) is 8.93. The monoisotopic (exact) mass is 388 g/mol. The summed E-state index contributed by atoms with van der Waals surface area (Å²) in [4.78, 5) is 36.7. The largest absolute Gasteiger partial charge is 1.00 e. The van der Waals surface area contributed by atoms with Crippen molar-refractivity contribution >= 4 is 29.6 Å². The summed E-state index contributed by atoms with van der Waals surface area (Å²) in [5.41, 5.74) is 6.23. The molecule has 1 aliphatic carbocycles. The molecule has 2 heterocycles. The Morgan fingerprint density at radius 3 is 2.52 bits per heavy atom. The summed E-state index contributed by atoms with van der Waals surface area (Å²) in [5.74, 6) is -1.90. The molecule has 0 aromatic rings. The number of nitrogens with zero attached hydrogens (tertiary/aromatic N) is 1. The number of esters is 1. The number of quaternary nitrogens is 1. The maximum Gasteiger partial charge on any atom is 0.353 e. The highest BCUT2D eigenvalue weighted by molar-refractivity contribution is 8.00. The number of thioether (sulfide) groups is 1. The SMILES string of the molecule is CC(=O)OCC1=C(C(=O)O)N2C(=O)C(=C3CCCCC3)[C@H]2SC1[NH3+].[Cl-]. The van der Waals surface area contributed by atoms with Crippen LogP contribution in [0.1, 0.15) is 39.0 Å². The van der Waals surface area contributed by atoms with Crippen molar-refractivity contribution in [1.29, 1.82) is 0 Å². The fourth-order valence-electron chi connectivity index (χ4n) is 3.45. The smallest absolute Gasteiger partial charge is 0.353 e. The minimum absolute atomic E-state index is 0. The Kier molecular flexibility index (Phi) is 6.18. The number of β-lactam (4-membered cyclic amide) rings is 1. The molecule has 0 spiro atoms. The first kappa shape index (κ1) is 19.8. The number of ether oxygens (including phenoxy) is 1. The van der Waals surface area contributed by atoms with Crippen molar-refractivity contribution in [3.63, 3.8) is 0 Å². The van der Waals surface area contributed by atoms with Gasteiger partial charge in [0.1, 0.15) is 17.7 Å². The van der Waals surface area contributed by atoms with Gasteiger partial charge in [-0.25, -0.2) is 4.79 Å². The van der Waals surface area contributed by atoms with Gasteiger partial charge >= 0.3 is 11.9 Å². The van der Waals surface area contributed by atoms with E-state index >= 15 is 0 Å². The molecule has 2 fully saturated rings. The van der Waals surface area contributed by atoms with Crippen LogP contribution in [0, 0.1) is 0 Å². The molecule has 0 aromatic heterocycles. The van der Waals surface area contributed by atoms with Gasteiger partial charge in [0.2, 0.25) is 0 Å². The van der Waals surface area contributed by atoms with E-state index in [0.29, 0.717) is 5.57 Å². The fourth-order valence-corrected chi connectivity index (χ4v) is 4.83. The maximum absolute atomic E-state index is 12.6. The summed E-state index contributed by atoms with van der Waals surface area (Å²) >= 11 is 1.45. The Morgan fingerprint density at radius 2 is 1.96 bits per heavy atom. The highest BCUT2D eigenvalue weighted by atomic mass is 35.5. The normalized spacial score (nSPS) is 25.8. The number of carboxylic acids is 1. The Hall–Kier alpha value is -1.51. The van der Waals surface area contributed by atoms with E-state index in [1.807, 2.05) is 0 Å². The van der Waals surface area contributed by atoms with Crippen molar-refractivity contribution in [2.45, 2.75) is 49.8 Å². The molecule has 3 rings (SSSR count). The molecule has 1 amide bonds. The van der Waals surface area contributed by atoms with E-state index in [-0.39, 0.29) is 41.4 Å². The molecule has 0 bridgehead atoms. The van der Waals surface area contributed by atoms with Crippen molar-refractivity contribution in [2.75, 3.05) is 6.61 Å². The van der Waals surface area contributed by atoms with E-state index in [9.17, 15) is 19.5 Å². The van der Waals surface area contributed by atoms with Gasteiger partial charge in [-0.2, -0.15) is 0 Å². The molecule has 3 aliphatic rings. The third kappa shape index (κ3) is 3.56. The lowest BCUT2D eigenvalue weighted by atomic mass is 9.86. The highest BCUT2D eigenvalue weighted by Crippen LogP contribution is 2.47. The number of amides is 1. The minimum Gasteiger partial charge on any atom is -1.00 e. The summed E-state index contributed by atoms with van der Waals surface area (Å²) in [6.07, 6.45) is 5.17. The second-order valence-electron chi connectivity index (χ2n) is 6.19. The van der Waals surface area contributed by atoms with Crippen molar-refractivity contribution in [3.8, 4) is 0 Å². The standard InChI is InChI=1S/C16H20N2O5S.ClH/c1-8(19)23-7-10-12(16(21)22)18-14(20)11(15(18)24-13(10)17)9-5-3-2-4-6-9;/h13,15H,2-7,17H2,1H3,(H,21,22);1H/t13?,15-;/m1./s1. The van der Waals surface area contributed by atoms with Crippen LogP contribution in [0.3, 0.4) is 0 Å². The van der Waals surface area contributed by atoms with Gasteiger partial charge in [0.05, 0.1) is 11.1 Å².